The summed E-state index contributed by atoms with van der Waals surface area (Å²) in [6.45, 7) is 1.17. The van der Waals surface area contributed by atoms with Gasteiger partial charge < -0.3 is 15.4 Å². The number of carbonyl (C=O) groups excluding carboxylic acids is 3. The van der Waals surface area contributed by atoms with E-state index in [9.17, 15) is 27.6 Å². The van der Waals surface area contributed by atoms with Crippen molar-refractivity contribution in [1.82, 2.24) is 0 Å². The first-order valence-electron chi connectivity index (χ1n) is 7.88. The van der Waals surface area contributed by atoms with Crippen molar-refractivity contribution in [1.29, 1.82) is 0 Å². The van der Waals surface area contributed by atoms with E-state index in [0.29, 0.717) is 15.2 Å². The van der Waals surface area contributed by atoms with Gasteiger partial charge in [-0.2, -0.15) is 13.2 Å². The molecule has 2 N–H and O–H groups in total. The molecule has 0 atom stereocenters. The van der Waals surface area contributed by atoms with E-state index in [0.717, 1.165) is 29.8 Å². The van der Waals surface area contributed by atoms with E-state index in [1.54, 1.807) is 18.3 Å². The zero-order chi connectivity index (χ0) is 21.8. The van der Waals surface area contributed by atoms with Gasteiger partial charge in [0.05, 0.1) is 10.6 Å². The molecule has 0 bridgehead atoms. The van der Waals surface area contributed by atoms with E-state index in [1.165, 1.54) is 6.07 Å². The average Bonchev–Trinajstić information content (AvgIpc) is 2.64. The van der Waals surface area contributed by atoms with Crippen LogP contribution < -0.4 is 10.6 Å². The molecule has 2 amide bonds. The van der Waals surface area contributed by atoms with Crippen LogP contribution in [0.15, 0.2) is 40.9 Å². The molecular formula is C18H13BrClF3N2O4. The largest absolute Gasteiger partial charge is 0.471 e. The molecule has 6 nitrogen and oxygen atoms in total. The standard InChI is InChI=1S/C18H13BrClF3N2O4/c1-9-6-12(19)13(20)7-14(9)25-15(26)8-29-16(27)10-2-4-11(5-3-10)24-17(28)18(21,22)23/h2-7H,8H2,1H3,(H,24,28)(H,25,26). The SMILES string of the molecule is Cc1cc(Br)c(Cl)cc1NC(=O)COC(=O)c1ccc(NC(=O)C(F)(F)F)cc1. The summed E-state index contributed by atoms with van der Waals surface area (Å²) < 4.78 is 42.2. The van der Waals surface area contributed by atoms with E-state index < -0.39 is 30.6 Å². The molecule has 0 fully saturated rings. The van der Waals surface area contributed by atoms with Gasteiger partial charge in [-0.05, 0) is 64.8 Å². The number of hydrogen-bond acceptors (Lipinski definition) is 4. The topological polar surface area (TPSA) is 84.5 Å². The fraction of sp³-hybridized carbons (Fsp3) is 0.167. The molecule has 11 heteroatoms. The Labute approximate surface area is 176 Å². The number of carbonyl (C=O) groups is 3. The van der Waals surface area contributed by atoms with Crippen LogP contribution in [0.25, 0.3) is 0 Å². The van der Waals surface area contributed by atoms with Gasteiger partial charge in [0.2, 0.25) is 0 Å². The summed E-state index contributed by atoms with van der Waals surface area (Å²) in [6.07, 6.45) is -5.03. The van der Waals surface area contributed by atoms with Crippen molar-refractivity contribution in [3.63, 3.8) is 0 Å². The zero-order valence-electron chi connectivity index (χ0n) is 14.7. The van der Waals surface area contributed by atoms with Crippen LogP contribution in [-0.2, 0) is 14.3 Å². The lowest BCUT2D eigenvalue weighted by atomic mass is 10.2. The molecule has 0 aliphatic carbocycles. The second-order valence-electron chi connectivity index (χ2n) is 5.73. The molecule has 2 rings (SSSR count). The maximum Gasteiger partial charge on any atom is 0.471 e. The van der Waals surface area contributed by atoms with E-state index >= 15 is 0 Å². The number of benzene rings is 2. The third-order valence-corrected chi connectivity index (χ3v) is 4.71. The monoisotopic (exact) mass is 492 g/mol. The van der Waals surface area contributed by atoms with Crippen LogP contribution in [0, 0.1) is 6.92 Å². The van der Waals surface area contributed by atoms with E-state index in [4.69, 9.17) is 16.3 Å². The lowest BCUT2D eigenvalue weighted by Gasteiger charge is -2.11. The number of aryl methyl sites for hydroxylation is 1. The van der Waals surface area contributed by atoms with Gasteiger partial charge in [0.15, 0.2) is 6.61 Å². The van der Waals surface area contributed by atoms with Gasteiger partial charge in [-0.25, -0.2) is 4.79 Å². The number of esters is 1. The van der Waals surface area contributed by atoms with Gasteiger partial charge in [-0.1, -0.05) is 11.6 Å². The Kier molecular flexibility index (Phi) is 7.26. The third kappa shape index (κ3) is 6.47. The molecule has 0 aliphatic rings. The van der Waals surface area contributed by atoms with Crippen LogP contribution in [0.4, 0.5) is 24.5 Å². The second kappa shape index (κ2) is 9.27. The molecule has 2 aromatic carbocycles. The van der Waals surface area contributed by atoms with Crippen molar-refractivity contribution in [2.75, 3.05) is 17.2 Å². The molecule has 2 aromatic rings. The normalized spacial score (nSPS) is 11.0. The highest BCUT2D eigenvalue weighted by atomic mass is 79.9. The molecule has 154 valence electrons. The molecule has 29 heavy (non-hydrogen) atoms. The minimum absolute atomic E-state index is 0.00863. The predicted molar refractivity (Wildman–Crippen MR) is 104 cm³/mol. The van der Waals surface area contributed by atoms with Crippen LogP contribution in [-0.4, -0.2) is 30.6 Å². The molecule has 0 aromatic heterocycles. The number of halogens is 5. The van der Waals surface area contributed by atoms with Crippen molar-refractivity contribution in [3.8, 4) is 0 Å². The molecule has 0 aliphatic heterocycles. The number of hydrogen-bond donors (Lipinski definition) is 2. The number of amides is 2. The number of anilines is 2. The number of ether oxygens (including phenoxy) is 1. The van der Waals surface area contributed by atoms with Crippen molar-refractivity contribution < 1.29 is 32.3 Å². The highest BCUT2D eigenvalue weighted by Gasteiger charge is 2.38. The first-order chi connectivity index (χ1) is 13.5. The first kappa shape index (κ1) is 22.7. The summed E-state index contributed by atoms with van der Waals surface area (Å²) in [5.74, 6) is -3.60. The molecule has 0 spiro atoms. The zero-order valence-corrected chi connectivity index (χ0v) is 17.0. The molecule has 0 heterocycles. The fourth-order valence-corrected chi connectivity index (χ4v) is 2.69. The van der Waals surface area contributed by atoms with Crippen LogP contribution in [0.1, 0.15) is 15.9 Å². The number of rotatable bonds is 5. The van der Waals surface area contributed by atoms with Gasteiger partial charge in [0, 0.05) is 15.8 Å². The Morgan fingerprint density at radius 3 is 2.31 bits per heavy atom. The molecule has 0 saturated heterocycles. The maximum absolute atomic E-state index is 12.2. The Morgan fingerprint density at radius 1 is 1.10 bits per heavy atom. The molecular weight excluding hydrogens is 481 g/mol. The Bertz CT molecular complexity index is 949. The van der Waals surface area contributed by atoms with E-state index in [-0.39, 0.29) is 11.3 Å². The summed E-state index contributed by atoms with van der Waals surface area (Å²) in [4.78, 5) is 34.8. The average molecular weight is 494 g/mol. The summed E-state index contributed by atoms with van der Waals surface area (Å²) in [7, 11) is 0. The predicted octanol–water partition coefficient (Wildman–Crippen LogP) is 4.71. The van der Waals surface area contributed by atoms with Crippen LogP contribution in [0.5, 0.6) is 0 Å². The minimum atomic E-state index is -5.03. The highest BCUT2D eigenvalue weighted by molar-refractivity contribution is 9.10. The van der Waals surface area contributed by atoms with Gasteiger partial charge in [0.25, 0.3) is 5.91 Å². The van der Waals surface area contributed by atoms with Crippen molar-refractivity contribution in [2.24, 2.45) is 0 Å². The second-order valence-corrected chi connectivity index (χ2v) is 7.00. The third-order valence-electron chi connectivity index (χ3n) is 3.51. The van der Waals surface area contributed by atoms with Gasteiger partial charge >= 0.3 is 18.1 Å². The van der Waals surface area contributed by atoms with Crippen molar-refractivity contribution in [3.05, 3.63) is 57.0 Å². The van der Waals surface area contributed by atoms with Crippen LogP contribution in [0.3, 0.4) is 0 Å². The lowest BCUT2D eigenvalue weighted by Crippen LogP contribution is -2.29. The summed E-state index contributed by atoms with van der Waals surface area (Å²) in [5.41, 5.74) is 1.02. The van der Waals surface area contributed by atoms with E-state index in [2.05, 4.69) is 21.2 Å². The van der Waals surface area contributed by atoms with Crippen LogP contribution >= 0.6 is 27.5 Å². The Morgan fingerprint density at radius 2 is 1.72 bits per heavy atom. The molecule has 0 radical (unpaired) electrons. The Balaban J connectivity index is 1.91. The summed E-state index contributed by atoms with van der Waals surface area (Å²) in [5, 5.41) is 4.59. The summed E-state index contributed by atoms with van der Waals surface area (Å²) >= 11 is 9.23. The van der Waals surface area contributed by atoms with Crippen LogP contribution in [0.2, 0.25) is 5.02 Å². The summed E-state index contributed by atoms with van der Waals surface area (Å²) in [6, 6.07) is 7.77. The van der Waals surface area contributed by atoms with Gasteiger partial charge in [-0.15, -0.1) is 0 Å². The lowest BCUT2D eigenvalue weighted by molar-refractivity contribution is -0.167. The fourth-order valence-electron chi connectivity index (χ4n) is 2.07. The quantitative estimate of drug-likeness (QED) is 0.591. The smallest absolute Gasteiger partial charge is 0.452 e. The van der Waals surface area contributed by atoms with Crippen molar-refractivity contribution in [2.45, 2.75) is 13.1 Å². The van der Waals surface area contributed by atoms with Gasteiger partial charge in [0.1, 0.15) is 0 Å². The maximum atomic E-state index is 12.2. The van der Waals surface area contributed by atoms with Crippen molar-refractivity contribution >= 4 is 56.7 Å². The number of nitrogens with one attached hydrogen (secondary N) is 2. The highest BCUT2D eigenvalue weighted by Crippen LogP contribution is 2.29. The minimum Gasteiger partial charge on any atom is -0.452 e. The molecule has 0 saturated carbocycles. The first-order valence-corrected chi connectivity index (χ1v) is 9.05. The Hall–Kier alpha value is -2.59. The molecule has 0 unspecified atom stereocenters. The van der Waals surface area contributed by atoms with Gasteiger partial charge in [-0.3, -0.25) is 9.59 Å². The van der Waals surface area contributed by atoms with E-state index in [1.807, 2.05) is 0 Å². The number of alkyl halides is 3.